The summed E-state index contributed by atoms with van der Waals surface area (Å²) in [6.07, 6.45) is 0. The molecular weight excluding hydrogens is 450 g/mol. The highest BCUT2D eigenvalue weighted by Gasteiger charge is 2.18. The van der Waals surface area contributed by atoms with E-state index in [9.17, 15) is 21.6 Å². The molecular formula is C22H23N3O5S2. The summed E-state index contributed by atoms with van der Waals surface area (Å²) < 4.78 is 52.8. The number of anilines is 2. The van der Waals surface area contributed by atoms with Crippen LogP contribution in [0.15, 0.2) is 82.6 Å². The highest BCUT2D eigenvalue weighted by atomic mass is 32.2. The zero-order valence-electron chi connectivity index (χ0n) is 17.7. The van der Waals surface area contributed by atoms with Gasteiger partial charge < -0.3 is 5.32 Å². The highest BCUT2D eigenvalue weighted by molar-refractivity contribution is 7.92. The van der Waals surface area contributed by atoms with Gasteiger partial charge in [0.15, 0.2) is 0 Å². The molecule has 0 unspecified atom stereocenters. The van der Waals surface area contributed by atoms with Gasteiger partial charge in [-0.3, -0.25) is 9.52 Å². The standard InChI is InChI=1S/C22H23N3O5S2/c1-16-4-12-20(13-5-16)31(27,28)24-19-10-8-18(9-11-19)23-22(26)17-6-14-21(15-7-17)32(29,30)25(2)3/h4-15,24H,1-3H3,(H,23,26). The van der Waals surface area contributed by atoms with E-state index < -0.39 is 26.0 Å². The van der Waals surface area contributed by atoms with Crippen molar-refractivity contribution in [3.8, 4) is 0 Å². The molecule has 0 aliphatic carbocycles. The molecule has 0 aliphatic rings. The lowest BCUT2D eigenvalue weighted by atomic mass is 10.2. The second-order valence-electron chi connectivity index (χ2n) is 7.26. The van der Waals surface area contributed by atoms with Gasteiger partial charge in [-0.15, -0.1) is 0 Å². The van der Waals surface area contributed by atoms with E-state index in [1.807, 2.05) is 6.92 Å². The fraction of sp³-hybridized carbons (Fsp3) is 0.136. The molecule has 0 heterocycles. The molecule has 0 saturated heterocycles. The molecule has 0 saturated carbocycles. The van der Waals surface area contributed by atoms with Gasteiger partial charge in [0.05, 0.1) is 9.79 Å². The van der Waals surface area contributed by atoms with Gasteiger partial charge in [0.1, 0.15) is 0 Å². The topological polar surface area (TPSA) is 113 Å². The van der Waals surface area contributed by atoms with Crippen molar-refractivity contribution in [2.24, 2.45) is 0 Å². The van der Waals surface area contributed by atoms with Gasteiger partial charge in [-0.2, -0.15) is 0 Å². The minimum atomic E-state index is -3.72. The molecule has 2 N–H and O–H groups in total. The molecule has 0 radical (unpaired) electrons. The Labute approximate surface area is 188 Å². The molecule has 1 amide bonds. The van der Waals surface area contributed by atoms with Gasteiger partial charge in [0.2, 0.25) is 10.0 Å². The summed E-state index contributed by atoms with van der Waals surface area (Å²) in [6, 6.07) is 18.3. The minimum absolute atomic E-state index is 0.0873. The number of aryl methyl sites for hydroxylation is 1. The van der Waals surface area contributed by atoms with Crippen LogP contribution in [-0.4, -0.2) is 41.1 Å². The van der Waals surface area contributed by atoms with E-state index >= 15 is 0 Å². The van der Waals surface area contributed by atoms with Crippen LogP contribution in [0.25, 0.3) is 0 Å². The molecule has 0 spiro atoms. The zero-order chi connectivity index (χ0) is 23.5. The largest absolute Gasteiger partial charge is 0.322 e. The zero-order valence-corrected chi connectivity index (χ0v) is 19.4. The third-order valence-corrected chi connectivity index (χ3v) is 7.85. The van der Waals surface area contributed by atoms with Crippen LogP contribution in [0.2, 0.25) is 0 Å². The number of carbonyl (C=O) groups is 1. The third kappa shape index (κ3) is 5.34. The van der Waals surface area contributed by atoms with Crippen LogP contribution in [0.3, 0.4) is 0 Å². The maximum absolute atomic E-state index is 12.5. The normalized spacial score (nSPS) is 11.9. The van der Waals surface area contributed by atoms with Gasteiger partial charge in [-0.05, 0) is 67.6 Å². The van der Waals surface area contributed by atoms with Crippen molar-refractivity contribution in [1.29, 1.82) is 0 Å². The number of hydrogen-bond donors (Lipinski definition) is 2. The first-order valence-corrected chi connectivity index (χ1v) is 12.4. The molecule has 0 bridgehead atoms. The highest BCUT2D eigenvalue weighted by Crippen LogP contribution is 2.20. The Morgan fingerprint density at radius 1 is 0.719 bits per heavy atom. The Bertz CT molecular complexity index is 1320. The smallest absolute Gasteiger partial charge is 0.261 e. The van der Waals surface area contributed by atoms with E-state index in [2.05, 4.69) is 10.0 Å². The first kappa shape index (κ1) is 23.5. The van der Waals surface area contributed by atoms with Crippen LogP contribution < -0.4 is 10.0 Å². The summed E-state index contributed by atoms with van der Waals surface area (Å²) in [5.41, 5.74) is 2.05. The first-order valence-electron chi connectivity index (χ1n) is 9.52. The maximum atomic E-state index is 12.5. The predicted molar refractivity (Wildman–Crippen MR) is 124 cm³/mol. The van der Waals surface area contributed by atoms with E-state index in [1.165, 1.54) is 62.6 Å². The lowest BCUT2D eigenvalue weighted by Crippen LogP contribution is -2.22. The van der Waals surface area contributed by atoms with E-state index in [-0.39, 0.29) is 15.4 Å². The predicted octanol–water partition coefficient (Wildman–Crippen LogP) is 3.30. The summed E-state index contributed by atoms with van der Waals surface area (Å²) in [6.45, 7) is 1.87. The Morgan fingerprint density at radius 2 is 1.22 bits per heavy atom. The number of sulfonamides is 2. The minimum Gasteiger partial charge on any atom is -0.322 e. The molecule has 0 fully saturated rings. The molecule has 0 aliphatic heterocycles. The molecule has 0 aromatic heterocycles. The SMILES string of the molecule is Cc1ccc(S(=O)(=O)Nc2ccc(NC(=O)c3ccc(S(=O)(=O)N(C)C)cc3)cc2)cc1. The molecule has 3 rings (SSSR count). The summed E-state index contributed by atoms with van der Waals surface area (Å²) in [5, 5.41) is 2.69. The molecule has 10 heteroatoms. The number of carbonyl (C=O) groups excluding carboxylic acids is 1. The van der Waals surface area contributed by atoms with Crippen molar-refractivity contribution < 1.29 is 21.6 Å². The quantitative estimate of drug-likeness (QED) is 0.547. The summed E-state index contributed by atoms with van der Waals surface area (Å²) in [7, 11) is -4.43. The molecule has 8 nitrogen and oxygen atoms in total. The van der Waals surface area contributed by atoms with Gasteiger partial charge in [0, 0.05) is 31.0 Å². The second kappa shape index (κ2) is 9.11. The average Bonchev–Trinajstić information content (AvgIpc) is 2.75. The van der Waals surface area contributed by atoms with Crippen molar-refractivity contribution in [2.45, 2.75) is 16.7 Å². The monoisotopic (exact) mass is 473 g/mol. The van der Waals surface area contributed by atoms with Crippen LogP contribution in [0.1, 0.15) is 15.9 Å². The third-order valence-electron chi connectivity index (χ3n) is 4.62. The van der Waals surface area contributed by atoms with Crippen LogP contribution in [0, 0.1) is 6.92 Å². The number of nitrogens with one attached hydrogen (secondary N) is 2. The molecule has 168 valence electrons. The van der Waals surface area contributed by atoms with Crippen molar-refractivity contribution in [2.75, 3.05) is 24.1 Å². The Hall–Kier alpha value is -3.21. The van der Waals surface area contributed by atoms with Crippen LogP contribution in [0.4, 0.5) is 11.4 Å². The first-order chi connectivity index (χ1) is 15.0. The van der Waals surface area contributed by atoms with Crippen molar-refractivity contribution in [1.82, 2.24) is 4.31 Å². The molecule has 3 aromatic rings. The van der Waals surface area contributed by atoms with Crippen LogP contribution in [0.5, 0.6) is 0 Å². The van der Waals surface area contributed by atoms with E-state index in [1.54, 1.807) is 24.3 Å². The second-order valence-corrected chi connectivity index (χ2v) is 11.1. The van der Waals surface area contributed by atoms with Crippen LogP contribution in [-0.2, 0) is 20.0 Å². The molecule has 3 aromatic carbocycles. The van der Waals surface area contributed by atoms with Crippen molar-refractivity contribution in [3.63, 3.8) is 0 Å². The summed E-state index contributed by atoms with van der Waals surface area (Å²) in [4.78, 5) is 12.7. The molecule has 32 heavy (non-hydrogen) atoms. The van der Waals surface area contributed by atoms with E-state index in [0.717, 1.165) is 9.87 Å². The van der Waals surface area contributed by atoms with E-state index in [4.69, 9.17) is 0 Å². The Balaban J connectivity index is 1.68. The molecule has 0 atom stereocenters. The number of nitrogens with zero attached hydrogens (tertiary/aromatic N) is 1. The van der Waals surface area contributed by atoms with Gasteiger partial charge in [-0.1, -0.05) is 17.7 Å². The van der Waals surface area contributed by atoms with Crippen LogP contribution >= 0.6 is 0 Å². The fourth-order valence-corrected chi connectivity index (χ4v) is 4.71. The summed E-state index contributed by atoms with van der Waals surface area (Å²) in [5.74, 6) is -0.424. The number of hydrogen-bond acceptors (Lipinski definition) is 5. The van der Waals surface area contributed by atoms with E-state index in [0.29, 0.717) is 11.4 Å². The fourth-order valence-electron chi connectivity index (χ4n) is 2.75. The summed E-state index contributed by atoms with van der Waals surface area (Å²) >= 11 is 0. The van der Waals surface area contributed by atoms with Gasteiger partial charge in [-0.25, -0.2) is 21.1 Å². The van der Waals surface area contributed by atoms with Gasteiger partial charge in [0.25, 0.3) is 15.9 Å². The number of benzene rings is 3. The maximum Gasteiger partial charge on any atom is 0.261 e. The number of rotatable bonds is 7. The lowest BCUT2D eigenvalue weighted by Gasteiger charge is -2.12. The van der Waals surface area contributed by atoms with Crippen molar-refractivity contribution >= 4 is 37.3 Å². The number of amides is 1. The van der Waals surface area contributed by atoms with Gasteiger partial charge >= 0.3 is 0 Å². The average molecular weight is 474 g/mol. The van der Waals surface area contributed by atoms with Crippen molar-refractivity contribution in [3.05, 3.63) is 83.9 Å². The Kier molecular flexibility index (Phi) is 6.68. The Morgan fingerprint density at radius 3 is 1.75 bits per heavy atom. The lowest BCUT2D eigenvalue weighted by molar-refractivity contribution is 0.102.